The minimum absolute atomic E-state index is 0.0317. The van der Waals surface area contributed by atoms with Gasteiger partial charge in [-0.1, -0.05) is 17.9 Å². The Balaban J connectivity index is 1.72. The van der Waals surface area contributed by atoms with Gasteiger partial charge in [0.2, 0.25) is 17.7 Å². The Labute approximate surface area is 147 Å². The number of nitrogens with zero attached hydrogens (tertiary/aromatic N) is 1. The number of alkyl halides is 3. The molecule has 6 nitrogen and oxygen atoms in total. The summed E-state index contributed by atoms with van der Waals surface area (Å²) >= 11 is 0. The number of hydrogen-bond donors (Lipinski definition) is 1. The van der Waals surface area contributed by atoms with Crippen LogP contribution in [0.1, 0.15) is 18.4 Å². The summed E-state index contributed by atoms with van der Waals surface area (Å²) in [4.78, 5) is 35.2. The van der Waals surface area contributed by atoms with Crippen LogP contribution < -0.4 is 10.1 Å². The van der Waals surface area contributed by atoms with Gasteiger partial charge in [0.1, 0.15) is 18.9 Å². The highest BCUT2D eigenvalue weighted by Gasteiger charge is 2.31. The first-order valence-corrected chi connectivity index (χ1v) is 7.63. The number of nitrogens with one attached hydrogen (secondary N) is 1. The summed E-state index contributed by atoms with van der Waals surface area (Å²) in [6.07, 6.45) is -4.23. The summed E-state index contributed by atoms with van der Waals surface area (Å²) in [5, 5.41) is 2.42. The van der Waals surface area contributed by atoms with Crippen LogP contribution in [-0.4, -0.2) is 42.3 Å². The summed E-state index contributed by atoms with van der Waals surface area (Å²) in [5.41, 5.74) is -0.818. The van der Waals surface area contributed by atoms with Gasteiger partial charge in [0.25, 0.3) is 0 Å². The third kappa shape index (κ3) is 5.51. The number of carbonyl (C=O) groups is 3. The monoisotopic (exact) mass is 368 g/mol. The van der Waals surface area contributed by atoms with Gasteiger partial charge in [-0.3, -0.25) is 19.3 Å². The molecule has 2 rings (SSSR count). The zero-order chi connectivity index (χ0) is 19.2. The van der Waals surface area contributed by atoms with Gasteiger partial charge >= 0.3 is 6.18 Å². The zero-order valence-corrected chi connectivity index (χ0v) is 13.6. The van der Waals surface area contributed by atoms with Crippen molar-refractivity contribution < 1.29 is 32.3 Å². The van der Waals surface area contributed by atoms with Crippen molar-refractivity contribution in [3.63, 3.8) is 0 Å². The maximum absolute atomic E-state index is 12.6. The summed E-state index contributed by atoms with van der Waals surface area (Å²) in [7, 11) is 0. The average molecular weight is 368 g/mol. The topological polar surface area (TPSA) is 75.7 Å². The van der Waals surface area contributed by atoms with Gasteiger partial charge in [0, 0.05) is 12.8 Å². The SMILES string of the molecule is O=C(CN1C(=O)CCC1=O)NCC#CCOc1cccc(C(F)(F)F)c1. The van der Waals surface area contributed by atoms with Gasteiger partial charge in [-0.2, -0.15) is 13.2 Å². The number of hydrogen-bond acceptors (Lipinski definition) is 4. The summed E-state index contributed by atoms with van der Waals surface area (Å²) < 4.78 is 42.8. The summed E-state index contributed by atoms with van der Waals surface area (Å²) in [6.45, 7) is -0.540. The second-order valence-electron chi connectivity index (χ2n) is 5.32. The third-order valence-electron chi connectivity index (χ3n) is 3.43. The molecule has 0 atom stereocenters. The molecule has 3 amide bonds. The van der Waals surface area contributed by atoms with Crippen molar-refractivity contribution >= 4 is 17.7 Å². The molecule has 1 heterocycles. The van der Waals surface area contributed by atoms with Crippen molar-refractivity contribution in [2.75, 3.05) is 19.7 Å². The lowest BCUT2D eigenvalue weighted by Crippen LogP contribution is -2.40. The van der Waals surface area contributed by atoms with Crippen LogP contribution in [0.4, 0.5) is 13.2 Å². The molecular weight excluding hydrogens is 353 g/mol. The molecule has 0 unspecified atom stereocenters. The van der Waals surface area contributed by atoms with E-state index in [9.17, 15) is 27.6 Å². The fourth-order valence-electron chi connectivity index (χ4n) is 2.14. The van der Waals surface area contributed by atoms with E-state index in [1.54, 1.807) is 0 Å². The molecule has 1 fully saturated rings. The van der Waals surface area contributed by atoms with Crippen LogP contribution in [0.3, 0.4) is 0 Å². The maximum atomic E-state index is 12.6. The molecule has 1 saturated heterocycles. The first kappa shape index (κ1) is 19.3. The fourth-order valence-corrected chi connectivity index (χ4v) is 2.14. The number of benzene rings is 1. The van der Waals surface area contributed by atoms with Gasteiger partial charge in [0.05, 0.1) is 12.1 Å². The second kappa shape index (κ2) is 8.38. The van der Waals surface area contributed by atoms with Gasteiger partial charge in [-0.05, 0) is 18.2 Å². The Hall–Kier alpha value is -3.02. The third-order valence-corrected chi connectivity index (χ3v) is 3.43. The summed E-state index contributed by atoms with van der Waals surface area (Å²) in [6, 6.07) is 4.41. The standard InChI is InChI=1S/C17H15F3N2O4/c18-17(19,20)12-4-3-5-13(10-12)26-9-2-1-8-21-14(23)11-22-15(24)6-7-16(22)25/h3-5,10H,6-9,11H2,(H,21,23). The predicted octanol–water partition coefficient (Wildman–Crippen LogP) is 1.35. The van der Waals surface area contributed by atoms with Crippen LogP contribution in [0.5, 0.6) is 5.75 Å². The van der Waals surface area contributed by atoms with Crippen LogP contribution in [0.15, 0.2) is 24.3 Å². The molecule has 138 valence electrons. The normalized spacial score (nSPS) is 14.0. The lowest BCUT2D eigenvalue weighted by molar-refractivity contribution is -0.142. The zero-order valence-electron chi connectivity index (χ0n) is 13.6. The van der Waals surface area contributed by atoms with E-state index in [1.807, 2.05) is 0 Å². The highest BCUT2D eigenvalue weighted by atomic mass is 19.4. The molecule has 0 spiro atoms. The van der Waals surface area contributed by atoms with Crippen molar-refractivity contribution in [1.29, 1.82) is 0 Å². The largest absolute Gasteiger partial charge is 0.481 e. The van der Waals surface area contributed by atoms with Crippen LogP contribution in [0, 0.1) is 11.8 Å². The van der Waals surface area contributed by atoms with E-state index >= 15 is 0 Å². The number of imide groups is 1. The minimum Gasteiger partial charge on any atom is -0.481 e. The molecule has 0 bridgehead atoms. The van der Waals surface area contributed by atoms with Crippen molar-refractivity contribution in [1.82, 2.24) is 10.2 Å². The molecule has 26 heavy (non-hydrogen) atoms. The van der Waals surface area contributed by atoms with E-state index in [-0.39, 0.29) is 50.1 Å². The van der Waals surface area contributed by atoms with Gasteiger partial charge < -0.3 is 10.1 Å². The predicted molar refractivity (Wildman–Crippen MR) is 83.7 cm³/mol. The fraction of sp³-hybridized carbons (Fsp3) is 0.353. The highest BCUT2D eigenvalue weighted by molar-refractivity contribution is 6.04. The van der Waals surface area contributed by atoms with Crippen LogP contribution >= 0.6 is 0 Å². The molecule has 9 heteroatoms. The Morgan fingerprint density at radius 1 is 1.19 bits per heavy atom. The van der Waals surface area contributed by atoms with Crippen molar-refractivity contribution in [2.45, 2.75) is 19.0 Å². The number of carbonyl (C=O) groups excluding carboxylic acids is 3. The maximum Gasteiger partial charge on any atom is 0.416 e. The van der Waals surface area contributed by atoms with Crippen molar-refractivity contribution in [3.8, 4) is 17.6 Å². The Morgan fingerprint density at radius 3 is 2.54 bits per heavy atom. The number of ether oxygens (including phenoxy) is 1. The molecule has 1 aliphatic heterocycles. The number of halogens is 3. The average Bonchev–Trinajstić information content (AvgIpc) is 2.89. The number of rotatable bonds is 5. The van der Waals surface area contributed by atoms with Crippen LogP contribution in [-0.2, 0) is 20.6 Å². The lowest BCUT2D eigenvalue weighted by Gasteiger charge is -2.12. The molecule has 1 aliphatic rings. The highest BCUT2D eigenvalue weighted by Crippen LogP contribution is 2.31. The van der Waals surface area contributed by atoms with Gasteiger partial charge in [-0.25, -0.2) is 0 Å². The molecule has 1 N–H and O–H groups in total. The van der Waals surface area contributed by atoms with Crippen LogP contribution in [0.25, 0.3) is 0 Å². The molecule has 1 aromatic carbocycles. The van der Waals surface area contributed by atoms with E-state index in [2.05, 4.69) is 17.2 Å². The van der Waals surface area contributed by atoms with Crippen LogP contribution in [0.2, 0.25) is 0 Å². The summed E-state index contributed by atoms with van der Waals surface area (Å²) in [5.74, 6) is 3.84. The first-order chi connectivity index (χ1) is 12.3. The smallest absolute Gasteiger partial charge is 0.416 e. The Kier molecular flexibility index (Phi) is 6.22. The van der Waals surface area contributed by atoms with E-state index < -0.39 is 17.6 Å². The Bertz CT molecular complexity index is 749. The molecule has 1 aromatic rings. The van der Waals surface area contributed by atoms with Crippen molar-refractivity contribution in [3.05, 3.63) is 29.8 Å². The van der Waals surface area contributed by atoms with E-state index in [0.717, 1.165) is 17.0 Å². The second-order valence-corrected chi connectivity index (χ2v) is 5.32. The molecule has 0 aromatic heterocycles. The molecule has 0 radical (unpaired) electrons. The van der Waals surface area contributed by atoms with E-state index in [0.29, 0.717) is 0 Å². The lowest BCUT2D eigenvalue weighted by atomic mass is 10.2. The molecular formula is C17H15F3N2O4. The van der Waals surface area contributed by atoms with Gasteiger partial charge in [-0.15, -0.1) is 0 Å². The minimum atomic E-state index is -4.45. The van der Waals surface area contributed by atoms with Gasteiger partial charge in [0.15, 0.2) is 0 Å². The van der Waals surface area contributed by atoms with E-state index in [4.69, 9.17) is 4.74 Å². The number of amides is 3. The molecule has 0 saturated carbocycles. The Morgan fingerprint density at radius 2 is 1.88 bits per heavy atom. The first-order valence-electron chi connectivity index (χ1n) is 7.63. The molecule has 0 aliphatic carbocycles. The van der Waals surface area contributed by atoms with E-state index in [1.165, 1.54) is 12.1 Å². The number of likely N-dealkylation sites (tertiary alicyclic amines) is 1. The quantitative estimate of drug-likeness (QED) is 0.629. The van der Waals surface area contributed by atoms with Crippen molar-refractivity contribution in [2.24, 2.45) is 0 Å².